The lowest BCUT2D eigenvalue weighted by Crippen LogP contribution is -2.15. The van der Waals surface area contributed by atoms with E-state index in [1.165, 1.54) is 0 Å². The van der Waals surface area contributed by atoms with Gasteiger partial charge < -0.3 is 5.73 Å². The Labute approximate surface area is 60.5 Å². The molecule has 2 N–H and O–H groups in total. The van der Waals surface area contributed by atoms with Crippen LogP contribution in [-0.2, 0) is 0 Å². The van der Waals surface area contributed by atoms with Crippen molar-refractivity contribution in [2.24, 2.45) is 0 Å². The van der Waals surface area contributed by atoms with Crippen molar-refractivity contribution < 1.29 is 4.39 Å². The first kappa shape index (κ1) is 7.13. The highest BCUT2D eigenvalue weighted by Crippen LogP contribution is 2.05. The van der Waals surface area contributed by atoms with Gasteiger partial charge in [-0.3, -0.25) is 0 Å². The molecule has 0 aliphatic heterocycles. The molecule has 0 spiro atoms. The van der Waals surface area contributed by atoms with Crippen LogP contribution in [0.25, 0.3) is 0 Å². The van der Waals surface area contributed by atoms with Gasteiger partial charge in [-0.25, -0.2) is 4.39 Å². The Balaban J connectivity index is 3.34. The molecule has 0 saturated heterocycles. The second kappa shape index (κ2) is 2.33. The molecule has 0 fully saturated rings. The van der Waals surface area contributed by atoms with Crippen LogP contribution in [0.3, 0.4) is 0 Å². The van der Waals surface area contributed by atoms with Crippen LogP contribution in [0.2, 0.25) is 0 Å². The molecule has 1 nitrogen and oxygen atoms in total. The molecular weight excluding hydrogens is 128 g/mol. The number of aryl methyl sites for hydroxylation is 1. The molecule has 0 amide bonds. The molecule has 52 valence electrons. The van der Waals surface area contributed by atoms with Crippen molar-refractivity contribution in [3.8, 4) is 0 Å². The zero-order valence-electron chi connectivity index (χ0n) is 6.11. The van der Waals surface area contributed by atoms with E-state index in [0.717, 1.165) is 0 Å². The minimum absolute atomic E-state index is 0.194. The maximum atomic E-state index is 12.9. The number of halogens is 1. The zero-order chi connectivity index (χ0) is 7.72. The molecule has 0 aliphatic carbocycles. The monoisotopic (exact) mass is 137 g/mol. The molecule has 1 aromatic rings. The van der Waals surface area contributed by atoms with Crippen molar-refractivity contribution in [2.75, 3.05) is 5.73 Å². The average Bonchev–Trinajstić information content (AvgIpc) is 1.93. The molecular formula is C7H9BFN. The SMILES string of the molecule is Bc1c(N)ccc(C)c1F. The van der Waals surface area contributed by atoms with Crippen molar-refractivity contribution in [2.45, 2.75) is 6.92 Å². The summed E-state index contributed by atoms with van der Waals surface area (Å²) in [5.74, 6) is -0.194. The van der Waals surface area contributed by atoms with Crippen molar-refractivity contribution >= 4 is 19.0 Å². The third-order valence-corrected chi connectivity index (χ3v) is 1.62. The summed E-state index contributed by atoms with van der Waals surface area (Å²) in [6, 6.07) is 3.39. The van der Waals surface area contributed by atoms with E-state index < -0.39 is 0 Å². The minimum Gasteiger partial charge on any atom is -0.399 e. The Kier molecular flexibility index (Phi) is 1.66. The fourth-order valence-electron chi connectivity index (χ4n) is 0.835. The zero-order valence-corrected chi connectivity index (χ0v) is 6.11. The molecule has 0 heterocycles. The van der Waals surface area contributed by atoms with Crippen LogP contribution in [-0.4, -0.2) is 7.85 Å². The summed E-state index contributed by atoms with van der Waals surface area (Å²) < 4.78 is 12.9. The highest BCUT2D eigenvalue weighted by molar-refractivity contribution is 6.35. The van der Waals surface area contributed by atoms with Gasteiger partial charge in [0.05, 0.1) is 0 Å². The fourth-order valence-corrected chi connectivity index (χ4v) is 0.835. The van der Waals surface area contributed by atoms with E-state index >= 15 is 0 Å². The Morgan fingerprint density at radius 2 is 2.10 bits per heavy atom. The summed E-state index contributed by atoms with van der Waals surface area (Å²) in [5.41, 5.74) is 7.15. The van der Waals surface area contributed by atoms with Gasteiger partial charge >= 0.3 is 0 Å². The van der Waals surface area contributed by atoms with E-state index in [4.69, 9.17) is 5.73 Å². The van der Waals surface area contributed by atoms with E-state index in [2.05, 4.69) is 0 Å². The maximum Gasteiger partial charge on any atom is 0.145 e. The molecule has 10 heavy (non-hydrogen) atoms. The van der Waals surface area contributed by atoms with Crippen LogP contribution in [0.4, 0.5) is 10.1 Å². The van der Waals surface area contributed by atoms with Crippen LogP contribution in [0.1, 0.15) is 5.56 Å². The molecule has 0 bridgehead atoms. The second-order valence-corrected chi connectivity index (χ2v) is 2.41. The van der Waals surface area contributed by atoms with Gasteiger partial charge in [-0.15, -0.1) is 0 Å². The number of nitrogens with two attached hydrogens (primary N) is 1. The van der Waals surface area contributed by atoms with E-state index in [0.29, 0.717) is 16.7 Å². The molecule has 0 atom stereocenters. The average molecular weight is 137 g/mol. The van der Waals surface area contributed by atoms with Gasteiger partial charge in [0.15, 0.2) is 0 Å². The van der Waals surface area contributed by atoms with Gasteiger partial charge in [-0.2, -0.15) is 0 Å². The lowest BCUT2D eigenvalue weighted by atomic mass is 9.92. The second-order valence-electron chi connectivity index (χ2n) is 2.41. The first-order valence-corrected chi connectivity index (χ1v) is 3.14. The Bertz CT molecular complexity index is 233. The molecule has 1 aromatic carbocycles. The summed E-state index contributed by atoms with van der Waals surface area (Å²) in [5, 5.41) is 0. The molecule has 0 aromatic heterocycles. The summed E-state index contributed by atoms with van der Waals surface area (Å²) in [7, 11) is 1.68. The third-order valence-electron chi connectivity index (χ3n) is 1.62. The third kappa shape index (κ3) is 0.990. The van der Waals surface area contributed by atoms with Crippen molar-refractivity contribution in [3.05, 3.63) is 23.5 Å². The van der Waals surface area contributed by atoms with E-state index in [1.54, 1.807) is 26.9 Å². The van der Waals surface area contributed by atoms with Gasteiger partial charge in [0, 0.05) is 5.69 Å². The van der Waals surface area contributed by atoms with Crippen molar-refractivity contribution in [1.82, 2.24) is 0 Å². The summed E-state index contributed by atoms with van der Waals surface area (Å²) in [6.07, 6.45) is 0. The molecule has 0 radical (unpaired) electrons. The predicted octanol–water partition coefficient (Wildman–Crippen LogP) is -0.0253. The summed E-state index contributed by atoms with van der Waals surface area (Å²) in [4.78, 5) is 0. The van der Waals surface area contributed by atoms with E-state index in [9.17, 15) is 4.39 Å². The van der Waals surface area contributed by atoms with Gasteiger partial charge in [0.25, 0.3) is 0 Å². The Hall–Kier alpha value is -0.985. The normalized spacial score (nSPS) is 9.80. The van der Waals surface area contributed by atoms with Crippen molar-refractivity contribution in [3.63, 3.8) is 0 Å². The lowest BCUT2D eigenvalue weighted by molar-refractivity contribution is 0.627. The Morgan fingerprint density at radius 3 is 2.60 bits per heavy atom. The van der Waals surface area contributed by atoms with Gasteiger partial charge in [-0.1, -0.05) is 6.07 Å². The van der Waals surface area contributed by atoms with Gasteiger partial charge in [-0.05, 0) is 24.0 Å². The largest absolute Gasteiger partial charge is 0.399 e. The minimum atomic E-state index is -0.194. The summed E-state index contributed by atoms with van der Waals surface area (Å²) in [6.45, 7) is 1.72. The number of anilines is 1. The van der Waals surface area contributed by atoms with Crippen LogP contribution in [0.15, 0.2) is 12.1 Å². The highest BCUT2D eigenvalue weighted by atomic mass is 19.1. The smallest absolute Gasteiger partial charge is 0.145 e. The first-order valence-electron chi connectivity index (χ1n) is 3.14. The maximum absolute atomic E-state index is 12.9. The number of rotatable bonds is 0. The van der Waals surface area contributed by atoms with Gasteiger partial charge in [0.2, 0.25) is 0 Å². The molecule has 1 rings (SSSR count). The van der Waals surface area contributed by atoms with Crippen LogP contribution < -0.4 is 11.2 Å². The van der Waals surface area contributed by atoms with Crippen LogP contribution >= 0.6 is 0 Å². The molecule has 0 saturated carbocycles. The van der Waals surface area contributed by atoms with Crippen LogP contribution in [0.5, 0.6) is 0 Å². The standard InChI is InChI=1S/C7H9BFN/c1-4-2-3-5(10)6(8)7(4)9/h2-3H,8,10H2,1H3. The number of hydrogen-bond acceptors (Lipinski definition) is 1. The first-order chi connectivity index (χ1) is 4.63. The number of benzene rings is 1. The molecule has 0 aliphatic rings. The summed E-state index contributed by atoms with van der Waals surface area (Å²) >= 11 is 0. The quantitative estimate of drug-likeness (QED) is 0.394. The Morgan fingerprint density at radius 1 is 1.50 bits per heavy atom. The predicted molar refractivity (Wildman–Crippen MR) is 43.7 cm³/mol. The lowest BCUT2D eigenvalue weighted by Gasteiger charge is -2.02. The van der Waals surface area contributed by atoms with E-state index in [1.807, 2.05) is 0 Å². The number of nitrogen functional groups attached to an aromatic ring is 1. The topological polar surface area (TPSA) is 26.0 Å². The van der Waals surface area contributed by atoms with Gasteiger partial charge in [0.1, 0.15) is 13.7 Å². The fraction of sp³-hybridized carbons (Fsp3) is 0.143. The number of hydrogen-bond donors (Lipinski definition) is 1. The van der Waals surface area contributed by atoms with Crippen LogP contribution in [0, 0.1) is 12.7 Å². The molecule has 3 heteroatoms. The molecule has 0 unspecified atom stereocenters. The highest BCUT2D eigenvalue weighted by Gasteiger charge is 2.02. The van der Waals surface area contributed by atoms with E-state index in [-0.39, 0.29) is 5.82 Å². The van der Waals surface area contributed by atoms with Crippen molar-refractivity contribution in [1.29, 1.82) is 0 Å².